The summed E-state index contributed by atoms with van der Waals surface area (Å²) >= 11 is 0. The minimum absolute atomic E-state index is 0.00548. The number of ether oxygens (including phenoxy) is 2. The van der Waals surface area contributed by atoms with E-state index in [1.54, 1.807) is 25.3 Å². The Morgan fingerprint density at radius 3 is 2.85 bits per heavy atom. The summed E-state index contributed by atoms with van der Waals surface area (Å²) in [5.41, 5.74) is 2.07. The molecule has 1 heterocycles. The highest BCUT2D eigenvalue weighted by atomic mass is 16.5. The van der Waals surface area contributed by atoms with Crippen molar-refractivity contribution in [2.75, 3.05) is 20.3 Å². The first kappa shape index (κ1) is 19.3. The summed E-state index contributed by atoms with van der Waals surface area (Å²) in [4.78, 5) is 26.4. The molecular weight excluding hydrogens is 350 g/mol. The molecule has 0 radical (unpaired) electrons. The number of hydrogen-bond donors (Lipinski definition) is 2. The van der Waals surface area contributed by atoms with E-state index >= 15 is 0 Å². The lowest BCUT2D eigenvalue weighted by atomic mass is 9.92. The summed E-state index contributed by atoms with van der Waals surface area (Å²) in [6.07, 6.45) is 4.03. The SMILES string of the molecule is COCCO[C@@H]1CCCC[C@H]1NC(=O)c1ccc(-c2noc(=O)[nH]2)cc1C. The number of carbonyl (C=O) groups excluding carboxylic acids is 1. The van der Waals surface area contributed by atoms with Gasteiger partial charge in [0.05, 0.1) is 25.4 Å². The van der Waals surface area contributed by atoms with Gasteiger partial charge in [-0.05, 0) is 37.5 Å². The van der Waals surface area contributed by atoms with Crippen LogP contribution in [0.1, 0.15) is 41.6 Å². The summed E-state index contributed by atoms with van der Waals surface area (Å²) in [6, 6.07) is 5.27. The van der Waals surface area contributed by atoms with Crippen molar-refractivity contribution in [3.63, 3.8) is 0 Å². The number of benzene rings is 1. The van der Waals surface area contributed by atoms with E-state index in [1.807, 2.05) is 6.92 Å². The van der Waals surface area contributed by atoms with Gasteiger partial charge in [-0.1, -0.05) is 24.1 Å². The summed E-state index contributed by atoms with van der Waals surface area (Å²) in [7, 11) is 1.64. The monoisotopic (exact) mass is 375 g/mol. The van der Waals surface area contributed by atoms with Gasteiger partial charge in [0.15, 0.2) is 5.82 Å². The summed E-state index contributed by atoms with van der Waals surface area (Å²) in [5.74, 6) is -0.393. The van der Waals surface area contributed by atoms with Crippen molar-refractivity contribution in [1.29, 1.82) is 0 Å². The minimum Gasteiger partial charge on any atom is -0.382 e. The molecule has 8 nitrogen and oxygen atoms in total. The van der Waals surface area contributed by atoms with Crippen molar-refractivity contribution in [3.05, 3.63) is 39.9 Å². The van der Waals surface area contributed by atoms with Gasteiger partial charge >= 0.3 is 5.76 Å². The van der Waals surface area contributed by atoms with Crippen molar-refractivity contribution >= 4 is 5.91 Å². The molecule has 3 rings (SSSR count). The van der Waals surface area contributed by atoms with Gasteiger partial charge in [0.25, 0.3) is 5.91 Å². The molecule has 1 aromatic heterocycles. The Labute approximate surface area is 157 Å². The van der Waals surface area contributed by atoms with E-state index < -0.39 is 5.76 Å². The van der Waals surface area contributed by atoms with E-state index in [4.69, 9.17) is 9.47 Å². The quantitative estimate of drug-likeness (QED) is 0.717. The van der Waals surface area contributed by atoms with Crippen molar-refractivity contribution < 1.29 is 18.8 Å². The highest BCUT2D eigenvalue weighted by Crippen LogP contribution is 2.23. The van der Waals surface area contributed by atoms with Gasteiger partial charge < -0.3 is 14.8 Å². The van der Waals surface area contributed by atoms with Gasteiger partial charge in [0.2, 0.25) is 0 Å². The summed E-state index contributed by atoms with van der Waals surface area (Å²) in [6.45, 7) is 2.92. The van der Waals surface area contributed by atoms with E-state index in [-0.39, 0.29) is 18.1 Å². The Kier molecular flexibility index (Phi) is 6.41. The van der Waals surface area contributed by atoms with Crippen molar-refractivity contribution in [3.8, 4) is 11.4 Å². The van der Waals surface area contributed by atoms with Gasteiger partial charge in [-0.3, -0.25) is 14.3 Å². The molecule has 8 heteroatoms. The number of aryl methyl sites for hydroxylation is 1. The molecule has 146 valence electrons. The lowest BCUT2D eigenvalue weighted by Crippen LogP contribution is -2.46. The molecule has 1 aliphatic rings. The van der Waals surface area contributed by atoms with Gasteiger partial charge in [-0.2, -0.15) is 0 Å². The minimum atomic E-state index is -0.610. The molecule has 2 aromatic rings. The molecule has 1 aliphatic carbocycles. The zero-order valence-corrected chi connectivity index (χ0v) is 15.6. The second kappa shape index (κ2) is 8.96. The van der Waals surface area contributed by atoms with E-state index in [0.29, 0.717) is 30.2 Å². The van der Waals surface area contributed by atoms with Crippen LogP contribution in [0.2, 0.25) is 0 Å². The van der Waals surface area contributed by atoms with Gasteiger partial charge in [-0.15, -0.1) is 0 Å². The first-order valence-corrected chi connectivity index (χ1v) is 9.17. The molecular formula is C19H25N3O5. The summed E-state index contributed by atoms with van der Waals surface area (Å²) in [5, 5.41) is 6.79. The Balaban J connectivity index is 1.68. The molecule has 0 aliphatic heterocycles. The van der Waals surface area contributed by atoms with Crippen LogP contribution in [0.25, 0.3) is 11.4 Å². The Morgan fingerprint density at radius 2 is 2.15 bits per heavy atom. The third kappa shape index (κ3) is 4.84. The lowest BCUT2D eigenvalue weighted by Gasteiger charge is -2.32. The molecule has 2 N–H and O–H groups in total. The van der Waals surface area contributed by atoms with E-state index in [1.165, 1.54) is 0 Å². The van der Waals surface area contributed by atoms with Crippen LogP contribution in [0.5, 0.6) is 0 Å². The Hall–Kier alpha value is -2.45. The molecule has 1 aromatic carbocycles. The standard InChI is InChI=1S/C19H25N3O5/c1-12-11-13(17-21-19(24)27-22-17)7-8-14(12)18(23)20-15-5-3-4-6-16(15)26-10-9-25-2/h7-8,11,15-16H,3-6,9-10H2,1-2H3,(H,20,23)(H,21,22,24)/t15-,16-/m1/s1. The van der Waals surface area contributed by atoms with E-state index in [2.05, 4.69) is 20.0 Å². The average molecular weight is 375 g/mol. The number of aromatic nitrogens is 2. The number of carbonyl (C=O) groups is 1. The average Bonchev–Trinajstić information content (AvgIpc) is 3.09. The largest absolute Gasteiger partial charge is 0.439 e. The second-order valence-electron chi connectivity index (χ2n) is 6.74. The smallest absolute Gasteiger partial charge is 0.382 e. The van der Waals surface area contributed by atoms with Crippen LogP contribution in [-0.2, 0) is 9.47 Å². The first-order valence-electron chi connectivity index (χ1n) is 9.17. The van der Waals surface area contributed by atoms with Crippen LogP contribution in [0.4, 0.5) is 0 Å². The fraction of sp³-hybridized carbons (Fsp3) is 0.526. The molecule has 0 spiro atoms. The number of amides is 1. The number of aromatic amines is 1. The number of hydrogen-bond acceptors (Lipinski definition) is 6. The molecule has 0 bridgehead atoms. The highest BCUT2D eigenvalue weighted by Gasteiger charge is 2.27. The van der Waals surface area contributed by atoms with E-state index in [0.717, 1.165) is 31.2 Å². The maximum atomic E-state index is 12.8. The lowest BCUT2D eigenvalue weighted by molar-refractivity contribution is -0.0167. The van der Waals surface area contributed by atoms with Crippen molar-refractivity contribution in [2.45, 2.75) is 44.8 Å². The third-order valence-electron chi connectivity index (χ3n) is 4.82. The molecule has 27 heavy (non-hydrogen) atoms. The third-order valence-corrected chi connectivity index (χ3v) is 4.82. The van der Waals surface area contributed by atoms with Crippen LogP contribution in [0, 0.1) is 6.92 Å². The van der Waals surface area contributed by atoms with Crippen molar-refractivity contribution in [2.24, 2.45) is 0 Å². The normalized spacial score (nSPS) is 19.8. The second-order valence-corrected chi connectivity index (χ2v) is 6.74. The molecule has 0 saturated heterocycles. The van der Waals surface area contributed by atoms with Crippen LogP contribution in [-0.4, -0.2) is 48.5 Å². The molecule has 2 atom stereocenters. The summed E-state index contributed by atoms with van der Waals surface area (Å²) < 4.78 is 15.5. The van der Waals surface area contributed by atoms with Crippen LogP contribution in [0.15, 0.2) is 27.5 Å². The Morgan fingerprint density at radius 1 is 1.33 bits per heavy atom. The highest BCUT2D eigenvalue weighted by molar-refractivity contribution is 5.96. The van der Waals surface area contributed by atoms with Gasteiger partial charge in [0.1, 0.15) is 0 Å². The number of nitrogens with one attached hydrogen (secondary N) is 2. The molecule has 1 fully saturated rings. The topological polar surface area (TPSA) is 106 Å². The van der Waals surface area contributed by atoms with Crippen LogP contribution in [0.3, 0.4) is 0 Å². The van der Waals surface area contributed by atoms with Gasteiger partial charge in [-0.25, -0.2) is 4.79 Å². The fourth-order valence-corrected chi connectivity index (χ4v) is 3.41. The predicted octanol–water partition coefficient (Wildman–Crippen LogP) is 2.04. The van der Waals surface area contributed by atoms with Gasteiger partial charge in [0, 0.05) is 18.2 Å². The van der Waals surface area contributed by atoms with Crippen LogP contribution >= 0.6 is 0 Å². The molecule has 0 unspecified atom stereocenters. The Bertz CT molecular complexity index is 829. The fourth-order valence-electron chi connectivity index (χ4n) is 3.41. The predicted molar refractivity (Wildman–Crippen MR) is 98.6 cm³/mol. The number of rotatable bonds is 7. The number of methoxy groups -OCH3 is 1. The van der Waals surface area contributed by atoms with Crippen LogP contribution < -0.4 is 11.1 Å². The maximum Gasteiger partial charge on any atom is 0.439 e. The molecule has 1 amide bonds. The van der Waals surface area contributed by atoms with E-state index in [9.17, 15) is 9.59 Å². The number of H-pyrrole nitrogens is 1. The van der Waals surface area contributed by atoms with Crippen molar-refractivity contribution in [1.82, 2.24) is 15.5 Å². The number of nitrogens with zero attached hydrogens (tertiary/aromatic N) is 1. The first-order chi connectivity index (χ1) is 13.1. The zero-order valence-electron chi connectivity index (χ0n) is 15.6. The molecule has 1 saturated carbocycles. The zero-order chi connectivity index (χ0) is 19.2. The maximum absolute atomic E-state index is 12.8.